The molecule has 0 spiro atoms. The molecule has 0 saturated heterocycles. The van der Waals surface area contributed by atoms with Gasteiger partial charge in [-0.1, -0.05) is 32.1 Å². The van der Waals surface area contributed by atoms with Gasteiger partial charge in [-0.2, -0.15) is 0 Å². The van der Waals surface area contributed by atoms with Gasteiger partial charge in [-0.15, -0.1) is 0 Å². The minimum atomic E-state index is -0.351. The van der Waals surface area contributed by atoms with Gasteiger partial charge in [-0.25, -0.2) is 4.79 Å². The van der Waals surface area contributed by atoms with Gasteiger partial charge in [0.05, 0.1) is 19.8 Å². The van der Waals surface area contributed by atoms with Crippen molar-refractivity contribution in [3.8, 4) is 5.75 Å². The molecule has 1 atom stereocenters. The van der Waals surface area contributed by atoms with Crippen molar-refractivity contribution in [3.05, 3.63) is 42.0 Å². The van der Waals surface area contributed by atoms with Gasteiger partial charge >= 0.3 is 5.97 Å². The van der Waals surface area contributed by atoms with Gasteiger partial charge in [0.15, 0.2) is 0 Å². The molecule has 0 N–H and O–H groups in total. The highest BCUT2D eigenvalue weighted by molar-refractivity contribution is 5.82. The van der Waals surface area contributed by atoms with Crippen LogP contribution < -0.4 is 4.74 Å². The minimum absolute atomic E-state index is 0.172. The number of ether oxygens (including phenoxy) is 3. The largest absolute Gasteiger partial charge is 0.497 e. The van der Waals surface area contributed by atoms with Crippen molar-refractivity contribution in [2.75, 3.05) is 20.8 Å². The van der Waals surface area contributed by atoms with Gasteiger partial charge < -0.3 is 14.2 Å². The predicted octanol–water partition coefficient (Wildman–Crippen LogP) is 3.53. The van der Waals surface area contributed by atoms with Crippen LogP contribution >= 0.6 is 0 Å². The lowest BCUT2D eigenvalue weighted by Gasteiger charge is -2.31. The lowest BCUT2D eigenvalue weighted by molar-refractivity contribution is -0.137. The Morgan fingerprint density at radius 3 is 2.33 bits per heavy atom. The summed E-state index contributed by atoms with van der Waals surface area (Å²) >= 11 is 0. The zero-order valence-electron chi connectivity index (χ0n) is 13.4. The average Bonchev–Trinajstić information content (AvgIpc) is 2.47. The van der Waals surface area contributed by atoms with Crippen molar-refractivity contribution >= 4 is 5.97 Å². The third-order valence-corrected chi connectivity index (χ3v) is 3.27. The number of rotatable bonds is 7. The lowest BCUT2D eigenvalue weighted by Crippen LogP contribution is -2.22. The molecule has 0 aromatic heterocycles. The molecule has 1 aromatic rings. The van der Waals surface area contributed by atoms with E-state index in [2.05, 4.69) is 0 Å². The summed E-state index contributed by atoms with van der Waals surface area (Å²) in [6.07, 6.45) is 3.11. The van der Waals surface area contributed by atoms with E-state index in [1.807, 2.05) is 44.2 Å². The second-order valence-corrected chi connectivity index (χ2v) is 5.30. The summed E-state index contributed by atoms with van der Waals surface area (Å²) in [4.78, 5) is 11.5. The molecule has 0 aliphatic heterocycles. The Morgan fingerprint density at radius 1 is 1.24 bits per heavy atom. The Labute approximate surface area is 126 Å². The van der Waals surface area contributed by atoms with Crippen molar-refractivity contribution in [1.82, 2.24) is 0 Å². The second-order valence-electron chi connectivity index (χ2n) is 5.30. The van der Waals surface area contributed by atoms with Crippen LogP contribution in [0.3, 0.4) is 0 Å². The van der Waals surface area contributed by atoms with Gasteiger partial charge in [-0.3, -0.25) is 0 Å². The number of esters is 1. The zero-order valence-corrected chi connectivity index (χ0v) is 13.4. The van der Waals surface area contributed by atoms with Crippen LogP contribution in [0.1, 0.15) is 32.4 Å². The Morgan fingerprint density at radius 2 is 1.86 bits per heavy atom. The maximum absolute atomic E-state index is 11.5. The van der Waals surface area contributed by atoms with E-state index < -0.39 is 0 Å². The molecule has 0 aliphatic carbocycles. The Hall–Kier alpha value is -1.81. The SMILES string of the molecule is CCOC(=O)C=CC(C)(C)C(OC)c1ccc(OC)cc1. The van der Waals surface area contributed by atoms with Gasteiger partial charge in [-0.05, 0) is 24.6 Å². The smallest absolute Gasteiger partial charge is 0.330 e. The van der Waals surface area contributed by atoms with E-state index in [4.69, 9.17) is 14.2 Å². The van der Waals surface area contributed by atoms with Crippen molar-refractivity contribution in [1.29, 1.82) is 0 Å². The first-order valence-electron chi connectivity index (χ1n) is 6.97. The molecule has 0 heterocycles. The number of carbonyl (C=O) groups excluding carboxylic acids is 1. The van der Waals surface area contributed by atoms with Gasteiger partial charge in [0, 0.05) is 18.6 Å². The van der Waals surface area contributed by atoms with Crippen LogP contribution in [0.25, 0.3) is 0 Å². The summed E-state index contributed by atoms with van der Waals surface area (Å²) in [6.45, 7) is 6.18. The van der Waals surface area contributed by atoms with E-state index >= 15 is 0 Å². The molecular formula is C17H24O4. The molecule has 21 heavy (non-hydrogen) atoms. The minimum Gasteiger partial charge on any atom is -0.497 e. The molecule has 0 radical (unpaired) electrons. The Kier molecular flexibility index (Phi) is 6.43. The average molecular weight is 292 g/mol. The first-order chi connectivity index (χ1) is 9.94. The number of hydrogen-bond acceptors (Lipinski definition) is 4. The van der Waals surface area contributed by atoms with E-state index in [0.29, 0.717) is 6.61 Å². The van der Waals surface area contributed by atoms with E-state index in [1.165, 1.54) is 6.08 Å². The maximum atomic E-state index is 11.5. The van der Waals surface area contributed by atoms with Gasteiger partial charge in [0.1, 0.15) is 5.75 Å². The van der Waals surface area contributed by atoms with Crippen molar-refractivity contribution < 1.29 is 19.0 Å². The molecule has 116 valence electrons. The molecule has 0 fully saturated rings. The summed E-state index contributed by atoms with van der Waals surface area (Å²) in [5, 5.41) is 0. The highest BCUT2D eigenvalue weighted by Gasteiger charge is 2.28. The van der Waals surface area contributed by atoms with Crippen LogP contribution in [0.5, 0.6) is 5.75 Å². The van der Waals surface area contributed by atoms with E-state index in [9.17, 15) is 4.79 Å². The summed E-state index contributed by atoms with van der Waals surface area (Å²) in [5.74, 6) is 0.462. The highest BCUT2D eigenvalue weighted by Crippen LogP contribution is 2.37. The standard InChI is InChI=1S/C17H24O4/c1-6-21-15(18)11-12-17(2,3)16(20-5)13-7-9-14(19-4)10-8-13/h7-12,16H,6H2,1-5H3. The van der Waals surface area contributed by atoms with Crippen LogP contribution in [0.15, 0.2) is 36.4 Å². The predicted molar refractivity (Wildman–Crippen MR) is 82.3 cm³/mol. The van der Waals surface area contributed by atoms with Crippen molar-refractivity contribution in [2.24, 2.45) is 5.41 Å². The van der Waals surface area contributed by atoms with Crippen molar-refractivity contribution in [3.63, 3.8) is 0 Å². The van der Waals surface area contributed by atoms with E-state index in [0.717, 1.165) is 11.3 Å². The van der Waals surface area contributed by atoms with E-state index in [-0.39, 0.29) is 17.5 Å². The quantitative estimate of drug-likeness (QED) is 0.569. The molecule has 0 amide bonds. The summed E-state index contributed by atoms with van der Waals surface area (Å²) in [7, 11) is 3.30. The van der Waals surface area contributed by atoms with Crippen LogP contribution in [0.4, 0.5) is 0 Å². The van der Waals surface area contributed by atoms with Crippen LogP contribution in [0.2, 0.25) is 0 Å². The molecule has 4 heteroatoms. The molecule has 1 unspecified atom stereocenters. The van der Waals surface area contributed by atoms with E-state index in [1.54, 1.807) is 21.1 Å². The fourth-order valence-corrected chi connectivity index (χ4v) is 2.21. The van der Waals surface area contributed by atoms with Crippen molar-refractivity contribution in [2.45, 2.75) is 26.9 Å². The molecule has 0 aliphatic rings. The molecule has 1 rings (SSSR count). The molecule has 0 bridgehead atoms. The second kappa shape index (κ2) is 7.84. The fraction of sp³-hybridized carbons (Fsp3) is 0.471. The summed E-state index contributed by atoms with van der Waals surface area (Å²) < 4.78 is 15.7. The Balaban J connectivity index is 2.92. The summed E-state index contributed by atoms with van der Waals surface area (Å²) in [5.41, 5.74) is 0.674. The molecule has 1 aromatic carbocycles. The molecule has 4 nitrogen and oxygen atoms in total. The maximum Gasteiger partial charge on any atom is 0.330 e. The normalized spacial score (nSPS) is 13.2. The number of carbonyl (C=O) groups is 1. The van der Waals surface area contributed by atoms with Crippen LogP contribution in [-0.2, 0) is 14.3 Å². The summed E-state index contributed by atoms with van der Waals surface area (Å²) in [6, 6.07) is 7.72. The number of hydrogen-bond donors (Lipinski definition) is 0. The third-order valence-electron chi connectivity index (χ3n) is 3.27. The first-order valence-corrected chi connectivity index (χ1v) is 6.97. The highest BCUT2D eigenvalue weighted by atomic mass is 16.5. The van der Waals surface area contributed by atoms with Gasteiger partial charge in [0.2, 0.25) is 0 Å². The molecule has 0 saturated carbocycles. The lowest BCUT2D eigenvalue weighted by atomic mass is 9.82. The fourth-order valence-electron chi connectivity index (χ4n) is 2.21. The zero-order chi connectivity index (χ0) is 15.9. The monoisotopic (exact) mass is 292 g/mol. The Bertz CT molecular complexity index is 474. The third kappa shape index (κ3) is 4.90. The number of methoxy groups -OCH3 is 2. The molecular weight excluding hydrogens is 268 g/mol. The topological polar surface area (TPSA) is 44.8 Å². The first kappa shape index (κ1) is 17.2. The van der Waals surface area contributed by atoms with Crippen LogP contribution in [0, 0.1) is 5.41 Å². The van der Waals surface area contributed by atoms with Gasteiger partial charge in [0.25, 0.3) is 0 Å². The number of benzene rings is 1. The van der Waals surface area contributed by atoms with Crippen LogP contribution in [-0.4, -0.2) is 26.8 Å².